The number of hydrogen-bond acceptors (Lipinski definition) is 5. The van der Waals surface area contributed by atoms with E-state index in [1.165, 1.54) is 0 Å². The number of alkyl halides is 1. The number of nitrogens with one attached hydrogen (secondary N) is 1. The summed E-state index contributed by atoms with van der Waals surface area (Å²) in [6.45, 7) is 3.45. The van der Waals surface area contributed by atoms with Crippen molar-refractivity contribution in [2.75, 3.05) is 19.1 Å². The van der Waals surface area contributed by atoms with E-state index in [1.54, 1.807) is 26.0 Å². The first-order valence-electron chi connectivity index (χ1n) is 6.40. The zero-order valence-corrected chi connectivity index (χ0v) is 12.4. The van der Waals surface area contributed by atoms with Crippen molar-refractivity contribution in [1.29, 1.82) is 0 Å². The van der Waals surface area contributed by atoms with Crippen molar-refractivity contribution in [3.63, 3.8) is 0 Å². The number of esters is 2. The Balaban J connectivity index is 4.47. The first kappa shape index (κ1) is 18.4. The maximum Gasteiger partial charge on any atom is 0.340 e. The van der Waals surface area contributed by atoms with Crippen molar-refractivity contribution in [2.24, 2.45) is 0 Å². The predicted molar refractivity (Wildman–Crippen MR) is 74.3 cm³/mol. The molecule has 0 radical (unpaired) electrons. The largest absolute Gasteiger partial charge is 0.464 e. The molecule has 0 aliphatic rings. The molecule has 0 rings (SSSR count). The van der Waals surface area contributed by atoms with Crippen LogP contribution in [-0.2, 0) is 23.9 Å². The highest BCUT2D eigenvalue weighted by atomic mass is 35.5. The van der Waals surface area contributed by atoms with Gasteiger partial charge in [-0.05, 0) is 20.3 Å². The number of carbonyl (C=O) groups is 3. The number of ether oxygens (including phenoxy) is 2. The minimum Gasteiger partial charge on any atom is -0.464 e. The quantitative estimate of drug-likeness (QED) is 0.299. The molecule has 7 heteroatoms. The first-order chi connectivity index (χ1) is 9.56. The maximum absolute atomic E-state index is 11.6. The van der Waals surface area contributed by atoms with Crippen molar-refractivity contribution in [3.8, 4) is 0 Å². The molecule has 6 nitrogen and oxygen atoms in total. The van der Waals surface area contributed by atoms with Crippen molar-refractivity contribution in [2.45, 2.75) is 32.7 Å². The lowest BCUT2D eigenvalue weighted by Crippen LogP contribution is -2.48. The SMILES string of the molecule is CCOC(=O)C(NC(=O)CCC=CCCl)C(=O)OCC. The molecule has 0 bridgehead atoms. The summed E-state index contributed by atoms with van der Waals surface area (Å²) in [7, 11) is 0. The Morgan fingerprint density at radius 2 is 1.65 bits per heavy atom. The van der Waals surface area contributed by atoms with Crippen LogP contribution in [0, 0.1) is 0 Å². The zero-order valence-electron chi connectivity index (χ0n) is 11.7. The Morgan fingerprint density at radius 3 is 2.10 bits per heavy atom. The third-order valence-corrected chi connectivity index (χ3v) is 2.32. The Hall–Kier alpha value is -1.56. The van der Waals surface area contributed by atoms with Crippen LogP contribution >= 0.6 is 11.6 Å². The Morgan fingerprint density at radius 1 is 1.10 bits per heavy atom. The molecule has 0 unspecified atom stereocenters. The Kier molecular flexibility index (Phi) is 10.4. The van der Waals surface area contributed by atoms with E-state index in [0.717, 1.165) is 0 Å². The molecule has 114 valence electrons. The lowest BCUT2D eigenvalue weighted by Gasteiger charge is -2.15. The summed E-state index contributed by atoms with van der Waals surface area (Å²) in [6.07, 6.45) is 4.07. The number of rotatable bonds is 9. The molecule has 0 saturated carbocycles. The van der Waals surface area contributed by atoms with E-state index in [4.69, 9.17) is 21.1 Å². The van der Waals surface area contributed by atoms with E-state index < -0.39 is 23.9 Å². The number of halogens is 1. The van der Waals surface area contributed by atoms with Gasteiger partial charge in [-0.3, -0.25) is 4.79 Å². The fraction of sp³-hybridized carbons (Fsp3) is 0.615. The molecule has 0 aliphatic heterocycles. The van der Waals surface area contributed by atoms with E-state index in [-0.39, 0.29) is 19.6 Å². The second-order valence-corrected chi connectivity index (χ2v) is 3.98. The van der Waals surface area contributed by atoms with Gasteiger partial charge in [-0.25, -0.2) is 9.59 Å². The maximum atomic E-state index is 11.6. The lowest BCUT2D eigenvalue weighted by molar-refractivity contribution is -0.159. The molecular formula is C13H20ClNO5. The predicted octanol–water partition coefficient (Wildman–Crippen LogP) is 1.17. The fourth-order valence-electron chi connectivity index (χ4n) is 1.29. The molecule has 0 heterocycles. The molecular weight excluding hydrogens is 286 g/mol. The molecule has 1 N–H and O–H groups in total. The summed E-state index contributed by atoms with van der Waals surface area (Å²) in [5, 5.41) is 2.31. The van der Waals surface area contributed by atoms with Crippen LogP contribution in [0.3, 0.4) is 0 Å². The standard InChI is InChI=1S/C13H20ClNO5/c1-3-19-12(17)11(13(18)20-4-2)15-10(16)8-6-5-7-9-14/h5,7,11H,3-4,6,8-9H2,1-2H3,(H,15,16). The highest BCUT2D eigenvalue weighted by molar-refractivity contribution is 6.18. The van der Waals surface area contributed by atoms with Gasteiger partial charge in [0.1, 0.15) is 0 Å². The summed E-state index contributed by atoms with van der Waals surface area (Å²) in [6, 6.07) is -1.42. The zero-order chi connectivity index (χ0) is 15.4. The van der Waals surface area contributed by atoms with E-state index in [0.29, 0.717) is 12.3 Å². The molecule has 0 atom stereocenters. The molecule has 0 spiro atoms. The van der Waals surface area contributed by atoms with E-state index >= 15 is 0 Å². The van der Waals surface area contributed by atoms with Gasteiger partial charge in [0.05, 0.1) is 13.2 Å². The fourth-order valence-corrected chi connectivity index (χ4v) is 1.42. The van der Waals surface area contributed by atoms with Gasteiger partial charge < -0.3 is 14.8 Å². The summed E-state index contributed by atoms with van der Waals surface area (Å²) in [4.78, 5) is 34.8. The van der Waals surface area contributed by atoms with Gasteiger partial charge in [-0.15, -0.1) is 11.6 Å². The molecule has 1 amide bonds. The molecule has 20 heavy (non-hydrogen) atoms. The van der Waals surface area contributed by atoms with E-state index in [9.17, 15) is 14.4 Å². The number of allylic oxidation sites excluding steroid dienone is 2. The van der Waals surface area contributed by atoms with Gasteiger partial charge in [-0.2, -0.15) is 0 Å². The number of hydrogen-bond donors (Lipinski definition) is 1. The lowest BCUT2D eigenvalue weighted by atomic mass is 10.2. The van der Waals surface area contributed by atoms with Crippen LogP contribution in [0.5, 0.6) is 0 Å². The van der Waals surface area contributed by atoms with E-state index in [1.807, 2.05) is 0 Å². The number of amides is 1. The van der Waals surface area contributed by atoms with Crippen LogP contribution in [-0.4, -0.2) is 43.0 Å². The van der Waals surface area contributed by atoms with Crippen molar-refractivity contribution >= 4 is 29.4 Å². The molecule has 0 saturated heterocycles. The molecule has 0 aromatic rings. The summed E-state index contributed by atoms with van der Waals surface area (Å²) >= 11 is 5.44. The first-order valence-corrected chi connectivity index (χ1v) is 6.93. The average molecular weight is 306 g/mol. The second-order valence-electron chi connectivity index (χ2n) is 3.67. The third-order valence-electron chi connectivity index (χ3n) is 2.14. The Labute approximate surface area is 123 Å². The summed E-state index contributed by atoms with van der Waals surface area (Å²) in [5.74, 6) is -1.71. The van der Waals surface area contributed by atoms with Gasteiger partial charge >= 0.3 is 11.9 Å². The topological polar surface area (TPSA) is 81.7 Å². The van der Waals surface area contributed by atoms with Crippen LogP contribution < -0.4 is 5.32 Å². The monoisotopic (exact) mass is 305 g/mol. The highest BCUT2D eigenvalue weighted by Gasteiger charge is 2.30. The number of carbonyl (C=O) groups excluding carboxylic acids is 3. The molecule has 0 aromatic heterocycles. The summed E-state index contributed by atoms with van der Waals surface area (Å²) < 4.78 is 9.46. The third kappa shape index (κ3) is 7.78. The molecule has 0 aliphatic carbocycles. The summed E-state index contributed by atoms with van der Waals surface area (Å²) in [5.41, 5.74) is 0. The second kappa shape index (κ2) is 11.3. The van der Waals surface area contributed by atoms with Gasteiger partial charge in [0.15, 0.2) is 0 Å². The normalized spacial score (nSPS) is 10.6. The van der Waals surface area contributed by atoms with Crippen LogP contribution in [0.4, 0.5) is 0 Å². The van der Waals surface area contributed by atoms with Gasteiger partial charge in [0.25, 0.3) is 0 Å². The van der Waals surface area contributed by atoms with Crippen LogP contribution in [0.25, 0.3) is 0 Å². The van der Waals surface area contributed by atoms with Crippen LogP contribution in [0.2, 0.25) is 0 Å². The minimum absolute atomic E-state index is 0.114. The van der Waals surface area contributed by atoms with Crippen LogP contribution in [0.15, 0.2) is 12.2 Å². The highest BCUT2D eigenvalue weighted by Crippen LogP contribution is 1.98. The molecule has 0 aromatic carbocycles. The Bertz CT molecular complexity index is 339. The van der Waals surface area contributed by atoms with Crippen molar-refractivity contribution in [1.82, 2.24) is 5.32 Å². The van der Waals surface area contributed by atoms with Crippen LogP contribution in [0.1, 0.15) is 26.7 Å². The van der Waals surface area contributed by atoms with Gasteiger partial charge in [0, 0.05) is 12.3 Å². The average Bonchev–Trinajstić information content (AvgIpc) is 2.41. The molecule has 0 fully saturated rings. The minimum atomic E-state index is -1.42. The van der Waals surface area contributed by atoms with Crippen molar-refractivity contribution < 1.29 is 23.9 Å². The van der Waals surface area contributed by atoms with Crippen molar-refractivity contribution in [3.05, 3.63) is 12.2 Å². The van der Waals surface area contributed by atoms with E-state index in [2.05, 4.69) is 5.32 Å². The smallest absolute Gasteiger partial charge is 0.340 e. The van der Waals surface area contributed by atoms with Gasteiger partial charge in [-0.1, -0.05) is 12.2 Å². The van der Waals surface area contributed by atoms with Gasteiger partial charge in [0.2, 0.25) is 11.9 Å².